The predicted molar refractivity (Wildman–Crippen MR) is 78.6 cm³/mol. The predicted octanol–water partition coefficient (Wildman–Crippen LogP) is 3.11. The van der Waals surface area contributed by atoms with Gasteiger partial charge in [-0.1, -0.05) is 23.7 Å². The van der Waals surface area contributed by atoms with Crippen molar-refractivity contribution >= 4 is 17.5 Å². The molecule has 0 amide bonds. The van der Waals surface area contributed by atoms with Crippen molar-refractivity contribution in [2.75, 3.05) is 5.32 Å². The number of nitrogens with one attached hydrogen (secondary N) is 1. The van der Waals surface area contributed by atoms with Gasteiger partial charge in [-0.05, 0) is 25.0 Å². The summed E-state index contributed by atoms with van der Waals surface area (Å²) in [6, 6.07) is 11.4. The molecule has 1 aliphatic rings. The average Bonchev–Trinajstić information content (AvgIpc) is 3.30. The van der Waals surface area contributed by atoms with Gasteiger partial charge in [-0.3, -0.25) is 0 Å². The monoisotopic (exact) mass is 295 g/mol. The molecule has 2 aromatic rings. The van der Waals surface area contributed by atoms with Crippen molar-refractivity contribution in [3.8, 4) is 23.4 Å². The number of benzene rings is 1. The molecule has 1 N–H and O–H groups in total. The highest BCUT2D eigenvalue weighted by atomic mass is 35.5. The van der Waals surface area contributed by atoms with Crippen LogP contribution in [0.4, 0.5) is 5.95 Å². The third kappa shape index (κ3) is 2.79. The van der Waals surface area contributed by atoms with E-state index in [2.05, 4.69) is 21.4 Å². The quantitative estimate of drug-likeness (QED) is 0.879. The van der Waals surface area contributed by atoms with Crippen LogP contribution in [0.25, 0.3) is 11.3 Å². The second-order valence-electron chi connectivity index (χ2n) is 4.78. The van der Waals surface area contributed by atoms with Crippen molar-refractivity contribution in [2.24, 2.45) is 0 Å². The van der Waals surface area contributed by atoms with Gasteiger partial charge in [0, 0.05) is 11.6 Å². The lowest BCUT2D eigenvalue weighted by Crippen LogP contribution is -2.07. The van der Waals surface area contributed by atoms with E-state index >= 15 is 0 Å². The molecule has 0 unspecified atom stereocenters. The Balaban J connectivity index is 2.12. The van der Waals surface area contributed by atoms with E-state index in [4.69, 9.17) is 16.9 Å². The number of aromatic nitrogens is 2. The van der Waals surface area contributed by atoms with Crippen molar-refractivity contribution in [1.29, 1.82) is 10.5 Å². The van der Waals surface area contributed by atoms with Crippen LogP contribution in [0.15, 0.2) is 24.3 Å². The van der Waals surface area contributed by atoms with Crippen LogP contribution in [0.1, 0.15) is 24.0 Å². The summed E-state index contributed by atoms with van der Waals surface area (Å²) in [7, 11) is 0. The van der Waals surface area contributed by atoms with E-state index in [0.29, 0.717) is 28.8 Å². The fourth-order valence-corrected chi connectivity index (χ4v) is 2.16. The number of hydrogen-bond donors (Lipinski definition) is 1. The maximum Gasteiger partial charge on any atom is 0.224 e. The van der Waals surface area contributed by atoms with E-state index in [1.165, 1.54) is 0 Å². The molecular weight excluding hydrogens is 286 g/mol. The summed E-state index contributed by atoms with van der Waals surface area (Å²) in [6.45, 7) is 0. The van der Waals surface area contributed by atoms with Gasteiger partial charge < -0.3 is 5.32 Å². The molecule has 1 aromatic heterocycles. The zero-order valence-corrected chi connectivity index (χ0v) is 11.7. The SMILES string of the molecule is N#Cc1cccc(-c2nc(NC3CC3)nc(Cl)c2C#N)c1. The van der Waals surface area contributed by atoms with Gasteiger partial charge in [-0.25, -0.2) is 4.98 Å². The average molecular weight is 296 g/mol. The molecule has 1 aromatic carbocycles. The summed E-state index contributed by atoms with van der Waals surface area (Å²) in [6.07, 6.45) is 2.17. The Kier molecular flexibility index (Phi) is 3.43. The molecule has 0 atom stereocenters. The van der Waals surface area contributed by atoms with Gasteiger partial charge >= 0.3 is 0 Å². The van der Waals surface area contributed by atoms with Gasteiger partial charge in [0.05, 0.1) is 17.3 Å². The fourth-order valence-electron chi connectivity index (χ4n) is 1.95. The Morgan fingerprint density at radius 2 is 2.00 bits per heavy atom. The molecule has 0 bridgehead atoms. The molecule has 3 rings (SSSR count). The second-order valence-corrected chi connectivity index (χ2v) is 5.14. The number of rotatable bonds is 3. The minimum Gasteiger partial charge on any atom is -0.351 e. The van der Waals surface area contributed by atoms with E-state index in [1.54, 1.807) is 24.3 Å². The molecule has 1 aliphatic carbocycles. The lowest BCUT2D eigenvalue weighted by Gasteiger charge is -2.09. The van der Waals surface area contributed by atoms with Gasteiger partial charge in [0.25, 0.3) is 0 Å². The van der Waals surface area contributed by atoms with Crippen LogP contribution in [0.5, 0.6) is 0 Å². The fraction of sp³-hybridized carbons (Fsp3) is 0.200. The Labute approximate surface area is 126 Å². The molecule has 1 saturated carbocycles. The largest absolute Gasteiger partial charge is 0.351 e. The van der Waals surface area contributed by atoms with E-state index in [1.807, 2.05) is 6.07 Å². The molecule has 0 radical (unpaired) electrons. The highest BCUT2D eigenvalue weighted by molar-refractivity contribution is 6.31. The molecule has 0 spiro atoms. The van der Waals surface area contributed by atoms with E-state index in [-0.39, 0.29) is 10.7 Å². The maximum absolute atomic E-state index is 9.27. The topological polar surface area (TPSA) is 85.4 Å². The third-order valence-corrected chi connectivity index (χ3v) is 3.43. The minimum absolute atomic E-state index is 0.119. The summed E-state index contributed by atoms with van der Waals surface area (Å²) in [4.78, 5) is 8.50. The summed E-state index contributed by atoms with van der Waals surface area (Å²) in [5.74, 6) is 0.416. The lowest BCUT2D eigenvalue weighted by atomic mass is 10.1. The first-order chi connectivity index (χ1) is 10.2. The first kappa shape index (κ1) is 13.4. The van der Waals surface area contributed by atoms with Gasteiger partial charge in [0.2, 0.25) is 5.95 Å². The first-order valence-electron chi connectivity index (χ1n) is 6.46. The lowest BCUT2D eigenvalue weighted by molar-refractivity contribution is 1.05. The Bertz CT molecular complexity index is 784. The number of hydrogen-bond acceptors (Lipinski definition) is 5. The second kappa shape index (κ2) is 5.40. The molecular formula is C15H10ClN5. The highest BCUT2D eigenvalue weighted by Crippen LogP contribution is 2.30. The molecule has 21 heavy (non-hydrogen) atoms. The van der Waals surface area contributed by atoms with Crippen molar-refractivity contribution in [3.63, 3.8) is 0 Å². The van der Waals surface area contributed by atoms with E-state index < -0.39 is 0 Å². The molecule has 0 aliphatic heterocycles. The van der Waals surface area contributed by atoms with Crippen LogP contribution in [0.2, 0.25) is 5.15 Å². The summed E-state index contributed by atoms with van der Waals surface area (Å²) < 4.78 is 0. The van der Waals surface area contributed by atoms with Gasteiger partial charge in [-0.15, -0.1) is 0 Å². The molecule has 5 nitrogen and oxygen atoms in total. The Morgan fingerprint density at radius 3 is 2.67 bits per heavy atom. The summed E-state index contributed by atoms with van der Waals surface area (Å²) in [5, 5.41) is 21.5. The zero-order valence-electron chi connectivity index (χ0n) is 11.0. The highest BCUT2D eigenvalue weighted by Gasteiger charge is 2.23. The van der Waals surface area contributed by atoms with Crippen molar-refractivity contribution in [1.82, 2.24) is 9.97 Å². The van der Waals surface area contributed by atoms with Crippen LogP contribution < -0.4 is 5.32 Å². The molecule has 1 heterocycles. The Morgan fingerprint density at radius 1 is 1.19 bits per heavy atom. The van der Waals surface area contributed by atoms with Crippen molar-refractivity contribution in [3.05, 3.63) is 40.5 Å². The third-order valence-electron chi connectivity index (χ3n) is 3.15. The van der Waals surface area contributed by atoms with Crippen molar-refractivity contribution in [2.45, 2.75) is 18.9 Å². The van der Waals surface area contributed by atoms with Crippen LogP contribution in [-0.2, 0) is 0 Å². The minimum atomic E-state index is 0.119. The van der Waals surface area contributed by atoms with Crippen molar-refractivity contribution < 1.29 is 0 Å². The smallest absolute Gasteiger partial charge is 0.224 e. The van der Waals surface area contributed by atoms with Crippen LogP contribution >= 0.6 is 11.6 Å². The maximum atomic E-state index is 9.27. The number of halogens is 1. The van der Waals surface area contributed by atoms with Gasteiger partial charge in [0.1, 0.15) is 11.6 Å². The zero-order chi connectivity index (χ0) is 14.8. The van der Waals surface area contributed by atoms with Gasteiger partial charge in [0.15, 0.2) is 5.15 Å². The number of nitriles is 2. The molecule has 102 valence electrons. The van der Waals surface area contributed by atoms with Crippen LogP contribution in [0, 0.1) is 22.7 Å². The van der Waals surface area contributed by atoms with Gasteiger partial charge in [-0.2, -0.15) is 15.5 Å². The standard InChI is InChI=1S/C15H10ClN5/c16-14-12(8-18)13(10-3-1-2-9(6-10)7-17)20-15(21-14)19-11-4-5-11/h1-3,6,11H,4-5H2,(H,19,20,21). The summed E-state index contributed by atoms with van der Waals surface area (Å²) in [5.41, 5.74) is 1.84. The molecule has 1 fully saturated rings. The number of anilines is 1. The Hall–Kier alpha value is -2.63. The normalized spacial score (nSPS) is 13.3. The summed E-state index contributed by atoms with van der Waals surface area (Å²) >= 11 is 6.08. The van der Waals surface area contributed by atoms with E-state index in [9.17, 15) is 5.26 Å². The molecule has 0 saturated heterocycles. The number of nitrogens with zero attached hydrogens (tertiary/aromatic N) is 4. The van der Waals surface area contributed by atoms with E-state index in [0.717, 1.165) is 12.8 Å². The molecule has 6 heteroatoms. The van der Waals surface area contributed by atoms with Crippen LogP contribution in [-0.4, -0.2) is 16.0 Å². The first-order valence-corrected chi connectivity index (χ1v) is 6.84. The van der Waals surface area contributed by atoms with Crippen LogP contribution in [0.3, 0.4) is 0 Å².